The van der Waals surface area contributed by atoms with E-state index >= 15 is 0 Å². The molecule has 0 saturated heterocycles. The predicted molar refractivity (Wildman–Crippen MR) is 137 cm³/mol. The van der Waals surface area contributed by atoms with Gasteiger partial charge in [-0.15, -0.1) is 0 Å². The number of ether oxygens (including phenoxy) is 2. The van der Waals surface area contributed by atoms with E-state index in [2.05, 4.69) is 68.6 Å². The van der Waals surface area contributed by atoms with E-state index in [4.69, 9.17) is 9.47 Å². The largest absolute Gasteiger partial charge is 0.456 e. The number of hydrogen-bond acceptors (Lipinski definition) is 5. The minimum Gasteiger partial charge on any atom is -0.456 e. The van der Waals surface area contributed by atoms with Crippen molar-refractivity contribution >= 4 is 0 Å². The first-order chi connectivity index (χ1) is 16.1. The average Bonchev–Trinajstić information content (AvgIpc) is 2.80. The molecule has 176 valence electrons. The second kappa shape index (κ2) is 10.9. The number of rotatable bonds is 4. The van der Waals surface area contributed by atoms with E-state index in [0.29, 0.717) is 5.88 Å². The van der Waals surface area contributed by atoms with E-state index in [1.807, 2.05) is 54.6 Å². The van der Waals surface area contributed by atoms with Crippen LogP contribution < -0.4 is 9.47 Å². The van der Waals surface area contributed by atoms with Crippen LogP contribution in [-0.4, -0.2) is 15.0 Å². The van der Waals surface area contributed by atoms with Gasteiger partial charge in [-0.05, 0) is 47.4 Å². The molecule has 5 heteroatoms. The van der Waals surface area contributed by atoms with Crippen molar-refractivity contribution in [3.8, 4) is 23.1 Å². The zero-order chi connectivity index (χ0) is 24.6. The highest BCUT2D eigenvalue weighted by atomic mass is 16.5. The molecule has 4 aromatic rings. The van der Waals surface area contributed by atoms with Gasteiger partial charge in [-0.3, -0.25) is 9.97 Å². The van der Waals surface area contributed by atoms with Crippen LogP contribution in [0, 0.1) is 0 Å². The Labute approximate surface area is 202 Å². The molecule has 0 saturated carbocycles. The first-order valence-corrected chi connectivity index (χ1v) is 11.3. The Balaban J connectivity index is 0.000000191. The molecule has 0 aliphatic carbocycles. The third-order valence-electron chi connectivity index (χ3n) is 4.97. The van der Waals surface area contributed by atoms with Gasteiger partial charge in [0, 0.05) is 23.5 Å². The lowest BCUT2D eigenvalue weighted by atomic mass is 9.87. The summed E-state index contributed by atoms with van der Waals surface area (Å²) in [5, 5.41) is 0. The normalized spacial score (nSPS) is 11.2. The molecule has 0 aliphatic rings. The SMILES string of the molecule is CC(C)(C)c1ccc(Oc2ccccc2)cn1.CC(C)(C)c1ccc(Oc2cnccn2)cc1. The van der Waals surface area contributed by atoms with Crippen LogP contribution in [0.15, 0.2) is 91.5 Å². The molecule has 0 N–H and O–H groups in total. The van der Waals surface area contributed by atoms with Gasteiger partial charge in [0.05, 0.1) is 12.4 Å². The number of benzene rings is 2. The fourth-order valence-electron chi connectivity index (χ4n) is 2.99. The first-order valence-electron chi connectivity index (χ1n) is 11.3. The number of aromatic nitrogens is 3. The molecule has 0 atom stereocenters. The molecule has 0 unspecified atom stereocenters. The molecule has 0 fully saturated rings. The van der Waals surface area contributed by atoms with Crippen molar-refractivity contribution in [3.05, 3.63) is 103 Å². The highest BCUT2D eigenvalue weighted by Crippen LogP contribution is 2.26. The van der Waals surface area contributed by atoms with Crippen LogP contribution in [0.5, 0.6) is 23.1 Å². The molecule has 0 amide bonds. The Kier molecular flexibility index (Phi) is 8.00. The molecule has 0 aliphatic heterocycles. The van der Waals surface area contributed by atoms with Crippen molar-refractivity contribution in [3.63, 3.8) is 0 Å². The fourth-order valence-corrected chi connectivity index (χ4v) is 2.99. The maximum atomic E-state index is 5.68. The molecule has 0 bridgehead atoms. The van der Waals surface area contributed by atoms with Crippen molar-refractivity contribution < 1.29 is 9.47 Å². The maximum Gasteiger partial charge on any atom is 0.237 e. The summed E-state index contributed by atoms with van der Waals surface area (Å²) in [7, 11) is 0. The van der Waals surface area contributed by atoms with Crippen molar-refractivity contribution in [1.82, 2.24) is 15.0 Å². The third kappa shape index (κ3) is 7.69. The topological polar surface area (TPSA) is 57.1 Å². The van der Waals surface area contributed by atoms with Gasteiger partial charge in [-0.25, -0.2) is 4.98 Å². The highest BCUT2D eigenvalue weighted by molar-refractivity contribution is 5.33. The van der Waals surface area contributed by atoms with E-state index in [1.165, 1.54) is 5.56 Å². The smallest absolute Gasteiger partial charge is 0.237 e. The van der Waals surface area contributed by atoms with E-state index in [1.54, 1.807) is 24.8 Å². The molecule has 34 heavy (non-hydrogen) atoms. The van der Waals surface area contributed by atoms with Crippen LogP contribution in [0.2, 0.25) is 0 Å². The molecular weight excluding hydrogens is 422 g/mol. The van der Waals surface area contributed by atoms with Crippen LogP contribution in [0.3, 0.4) is 0 Å². The Morgan fingerprint density at radius 2 is 1.21 bits per heavy atom. The van der Waals surface area contributed by atoms with E-state index in [9.17, 15) is 0 Å². The number of nitrogens with zero attached hydrogens (tertiary/aromatic N) is 3. The summed E-state index contributed by atoms with van der Waals surface area (Å²) in [5.41, 5.74) is 2.58. The van der Waals surface area contributed by atoms with Crippen molar-refractivity contribution in [1.29, 1.82) is 0 Å². The van der Waals surface area contributed by atoms with Gasteiger partial charge in [0.1, 0.15) is 17.2 Å². The maximum absolute atomic E-state index is 5.68. The van der Waals surface area contributed by atoms with Crippen molar-refractivity contribution in [2.45, 2.75) is 52.4 Å². The monoisotopic (exact) mass is 455 g/mol. The standard InChI is InChI=1S/C15H17NO.C14H16N2O/c1-15(2,3)14-10-9-13(11-16-14)17-12-7-5-4-6-8-12;1-14(2,3)11-4-6-12(7-5-11)17-13-10-15-8-9-16-13/h4-11H,1-3H3;4-10H,1-3H3. The van der Waals surface area contributed by atoms with E-state index in [-0.39, 0.29) is 10.8 Å². The zero-order valence-corrected chi connectivity index (χ0v) is 20.8. The van der Waals surface area contributed by atoms with Gasteiger partial charge in [-0.1, -0.05) is 71.9 Å². The Morgan fingerprint density at radius 1 is 0.559 bits per heavy atom. The third-order valence-corrected chi connectivity index (χ3v) is 4.97. The van der Waals surface area contributed by atoms with Crippen LogP contribution in [0.4, 0.5) is 0 Å². The second-order valence-electron chi connectivity index (χ2n) is 9.96. The molecule has 5 nitrogen and oxygen atoms in total. The van der Waals surface area contributed by atoms with Gasteiger partial charge in [0.25, 0.3) is 0 Å². The minimum atomic E-state index is 0.0747. The summed E-state index contributed by atoms with van der Waals surface area (Å²) in [6.07, 6.45) is 6.60. The van der Waals surface area contributed by atoms with Crippen LogP contribution in [0.1, 0.15) is 52.8 Å². The average molecular weight is 456 g/mol. The van der Waals surface area contributed by atoms with E-state index in [0.717, 1.165) is 22.9 Å². The summed E-state index contributed by atoms with van der Waals surface area (Å²) in [6.45, 7) is 13.0. The molecule has 2 heterocycles. The Bertz CT molecular complexity index is 1040. The lowest BCUT2D eigenvalue weighted by Crippen LogP contribution is -2.12. The number of hydrogen-bond donors (Lipinski definition) is 0. The quantitative estimate of drug-likeness (QED) is 0.315. The Morgan fingerprint density at radius 3 is 1.74 bits per heavy atom. The number of para-hydroxylation sites is 1. The summed E-state index contributed by atoms with van der Waals surface area (Å²) in [5.74, 6) is 2.89. The van der Waals surface area contributed by atoms with Crippen molar-refractivity contribution in [2.24, 2.45) is 0 Å². The minimum absolute atomic E-state index is 0.0747. The van der Waals surface area contributed by atoms with E-state index < -0.39 is 0 Å². The summed E-state index contributed by atoms with van der Waals surface area (Å²) in [4.78, 5) is 12.4. The zero-order valence-electron chi connectivity index (χ0n) is 20.8. The molecule has 0 spiro atoms. The molecule has 0 radical (unpaired) electrons. The summed E-state index contributed by atoms with van der Waals surface area (Å²) >= 11 is 0. The second-order valence-corrected chi connectivity index (χ2v) is 9.96. The fraction of sp³-hybridized carbons (Fsp3) is 0.276. The molecule has 2 aromatic carbocycles. The number of pyridine rings is 1. The lowest BCUT2D eigenvalue weighted by Gasteiger charge is -2.19. The summed E-state index contributed by atoms with van der Waals surface area (Å²) in [6, 6.07) is 21.8. The van der Waals surface area contributed by atoms with Crippen LogP contribution in [-0.2, 0) is 10.8 Å². The molecule has 2 aromatic heterocycles. The first kappa shape index (κ1) is 24.9. The van der Waals surface area contributed by atoms with Crippen LogP contribution in [0.25, 0.3) is 0 Å². The van der Waals surface area contributed by atoms with Gasteiger partial charge in [0.2, 0.25) is 5.88 Å². The van der Waals surface area contributed by atoms with Crippen LogP contribution >= 0.6 is 0 Å². The predicted octanol–water partition coefficient (Wildman–Crippen LogP) is 7.74. The molecular formula is C29H33N3O2. The highest BCUT2D eigenvalue weighted by Gasteiger charge is 2.15. The van der Waals surface area contributed by atoms with Gasteiger partial charge in [0.15, 0.2) is 0 Å². The van der Waals surface area contributed by atoms with Crippen molar-refractivity contribution in [2.75, 3.05) is 0 Å². The van der Waals surface area contributed by atoms with Gasteiger partial charge >= 0.3 is 0 Å². The lowest BCUT2D eigenvalue weighted by molar-refractivity contribution is 0.459. The molecule has 4 rings (SSSR count). The summed E-state index contributed by atoms with van der Waals surface area (Å²) < 4.78 is 11.3. The Hall–Kier alpha value is -3.73. The van der Waals surface area contributed by atoms with Gasteiger partial charge in [-0.2, -0.15) is 0 Å². The van der Waals surface area contributed by atoms with Gasteiger partial charge < -0.3 is 9.47 Å².